The van der Waals surface area contributed by atoms with Crippen LogP contribution in [0.1, 0.15) is 18.9 Å². The Balaban J connectivity index is 2.51. The second-order valence-electron chi connectivity index (χ2n) is 3.07. The van der Waals surface area contributed by atoms with Crippen molar-refractivity contribution in [2.45, 2.75) is 19.8 Å². The monoisotopic (exact) mass is 177 g/mol. The first kappa shape index (κ1) is 8.04. The number of aryl methyl sites for hydroxylation is 1. The van der Waals surface area contributed by atoms with E-state index in [0.29, 0.717) is 6.42 Å². The molecule has 1 aromatic rings. The van der Waals surface area contributed by atoms with Gasteiger partial charge in [-0.15, -0.1) is 0 Å². The number of rotatable bonds is 1. The molecule has 2 heterocycles. The largest absolute Gasteiger partial charge is 0.310 e. The van der Waals surface area contributed by atoms with Crippen LogP contribution in [0.5, 0.6) is 0 Å². The lowest BCUT2D eigenvalue weighted by Gasteiger charge is -2.17. The highest BCUT2D eigenvalue weighted by molar-refractivity contribution is 5.98. The van der Waals surface area contributed by atoms with Gasteiger partial charge in [0, 0.05) is 11.3 Å². The molecule has 1 amide bonds. The predicted molar refractivity (Wildman–Crippen MR) is 50.2 cm³/mol. The number of fused-ring (bicyclic) bond motifs is 1. The number of nitrogens with zero attached hydrogens (tertiary/aromatic N) is 2. The average molecular weight is 177 g/mol. The van der Waals surface area contributed by atoms with E-state index in [1.54, 1.807) is 10.9 Å². The molecule has 0 saturated carbocycles. The van der Waals surface area contributed by atoms with Gasteiger partial charge in [0.2, 0.25) is 5.91 Å². The number of aromatic nitrogens is 2. The molecule has 0 fully saturated rings. The summed E-state index contributed by atoms with van der Waals surface area (Å²) in [5, 5.41) is 6.94. The quantitative estimate of drug-likeness (QED) is 0.702. The van der Waals surface area contributed by atoms with Crippen LogP contribution < -0.4 is 5.32 Å². The topological polar surface area (TPSA) is 46.9 Å². The van der Waals surface area contributed by atoms with Gasteiger partial charge in [-0.3, -0.25) is 4.79 Å². The Hall–Kier alpha value is -1.58. The minimum atomic E-state index is -0.00676. The summed E-state index contributed by atoms with van der Waals surface area (Å²) < 4.78 is 1.69. The minimum absolute atomic E-state index is 0.00676. The lowest BCUT2D eigenvalue weighted by molar-refractivity contribution is -0.115. The van der Waals surface area contributed by atoms with Crippen molar-refractivity contribution in [1.29, 1.82) is 0 Å². The number of nitrogens with one attached hydrogen (secondary N) is 1. The molecular weight excluding hydrogens is 166 g/mol. The zero-order valence-electron chi connectivity index (χ0n) is 7.50. The fourth-order valence-corrected chi connectivity index (χ4v) is 1.45. The number of hydrogen-bond donors (Lipinski definition) is 1. The summed E-state index contributed by atoms with van der Waals surface area (Å²) in [7, 11) is 0. The maximum Gasteiger partial charge on any atom is 0.231 e. The molecule has 0 bridgehead atoms. The van der Waals surface area contributed by atoms with Gasteiger partial charge in [0.1, 0.15) is 5.82 Å². The lowest BCUT2D eigenvalue weighted by atomic mass is 10.2. The minimum Gasteiger partial charge on any atom is -0.310 e. The molecule has 2 rings (SSSR count). The van der Waals surface area contributed by atoms with Crippen molar-refractivity contribution in [2.24, 2.45) is 0 Å². The Bertz CT molecular complexity index is 378. The molecule has 0 radical (unpaired) electrons. The predicted octanol–water partition coefficient (Wildman–Crippen LogP) is 1.26. The normalized spacial score (nSPS) is 15.5. The van der Waals surface area contributed by atoms with Gasteiger partial charge in [-0.05, 0) is 6.42 Å². The summed E-state index contributed by atoms with van der Waals surface area (Å²) in [6.45, 7) is 5.82. The van der Waals surface area contributed by atoms with E-state index in [9.17, 15) is 4.79 Å². The van der Waals surface area contributed by atoms with E-state index in [1.807, 2.05) is 6.92 Å². The van der Waals surface area contributed by atoms with Crippen LogP contribution in [-0.2, 0) is 11.2 Å². The van der Waals surface area contributed by atoms with Crippen LogP contribution in [0, 0.1) is 0 Å². The smallest absolute Gasteiger partial charge is 0.231 e. The Morgan fingerprint density at radius 3 is 3.23 bits per heavy atom. The average Bonchev–Trinajstić information content (AvgIpc) is 2.47. The van der Waals surface area contributed by atoms with Crippen LogP contribution in [0.3, 0.4) is 0 Å². The van der Waals surface area contributed by atoms with Crippen LogP contribution in [0.2, 0.25) is 0 Å². The maximum atomic E-state index is 11.2. The first-order chi connectivity index (χ1) is 6.22. The van der Waals surface area contributed by atoms with Crippen molar-refractivity contribution in [3.05, 3.63) is 18.3 Å². The molecule has 1 aliphatic rings. The van der Waals surface area contributed by atoms with E-state index >= 15 is 0 Å². The molecule has 1 aliphatic heterocycles. The van der Waals surface area contributed by atoms with Crippen LogP contribution in [-0.4, -0.2) is 15.7 Å². The van der Waals surface area contributed by atoms with Crippen molar-refractivity contribution in [3.63, 3.8) is 0 Å². The fraction of sp³-hybridized carbons (Fsp3) is 0.333. The third kappa shape index (κ3) is 1.14. The van der Waals surface area contributed by atoms with E-state index in [0.717, 1.165) is 23.5 Å². The molecule has 0 unspecified atom stereocenters. The maximum absolute atomic E-state index is 11.2. The van der Waals surface area contributed by atoms with Crippen molar-refractivity contribution in [3.8, 4) is 0 Å². The number of anilines is 1. The summed E-state index contributed by atoms with van der Waals surface area (Å²) in [4.78, 5) is 11.2. The molecule has 4 nitrogen and oxygen atoms in total. The van der Waals surface area contributed by atoms with Gasteiger partial charge >= 0.3 is 0 Å². The zero-order chi connectivity index (χ0) is 9.42. The molecule has 0 spiro atoms. The van der Waals surface area contributed by atoms with Crippen molar-refractivity contribution >= 4 is 17.4 Å². The number of hydrogen-bond acceptors (Lipinski definition) is 2. The first-order valence-corrected chi connectivity index (χ1v) is 4.27. The molecular formula is C9H11N3O. The van der Waals surface area contributed by atoms with E-state index < -0.39 is 0 Å². The van der Waals surface area contributed by atoms with Crippen molar-refractivity contribution in [2.75, 3.05) is 5.32 Å². The summed E-state index contributed by atoms with van der Waals surface area (Å²) in [6.07, 6.45) is 2.97. The van der Waals surface area contributed by atoms with Gasteiger partial charge < -0.3 is 5.32 Å². The molecule has 0 aliphatic carbocycles. The van der Waals surface area contributed by atoms with Gasteiger partial charge in [0.15, 0.2) is 0 Å². The van der Waals surface area contributed by atoms with Crippen molar-refractivity contribution < 1.29 is 4.79 Å². The molecule has 0 saturated heterocycles. The first-order valence-electron chi connectivity index (χ1n) is 4.27. The second-order valence-corrected chi connectivity index (χ2v) is 3.07. The van der Waals surface area contributed by atoms with E-state index in [1.165, 1.54) is 0 Å². The summed E-state index contributed by atoms with van der Waals surface area (Å²) in [5.74, 6) is 0.774. The third-order valence-corrected chi connectivity index (χ3v) is 2.15. The highest BCUT2D eigenvalue weighted by atomic mass is 16.1. The number of carbonyl (C=O) groups is 1. The Labute approximate surface area is 76.2 Å². The molecule has 0 atom stereocenters. The van der Waals surface area contributed by atoms with E-state index in [2.05, 4.69) is 17.0 Å². The van der Waals surface area contributed by atoms with Gasteiger partial charge in [-0.1, -0.05) is 13.5 Å². The van der Waals surface area contributed by atoms with E-state index in [4.69, 9.17) is 0 Å². The van der Waals surface area contributed by atoms with Gasteiger partial charge in [-0.25, -0.2) is 4.68 Å². The van der Waals surface area contributed by atoms with Crippen LogP contribution in [0.15, 0.2) is 12.8 Å². The molecule has 13 heavy (non-hydrogen) atoms. The Kier molecular flexibility index (Phi) is 1.69. The Morgan fingerprint density at radius 2 is 2.54 bits per heavy atom. The molecule has 68 valence electrons. The highest BCUT2D eigenvalue weighted by Crippen LogP contribution is 2.25. The SMILES string of the molecule is C=C1CC(=O)Nc2c(CC)cnn21. The number of carbonyl (C=O) groups excluding carboxylic acids is 1. The van der Waals surface area contributed by atoms with Crippen LogP contribution in [0.25, 0.3) is 5.70 Å². The molecule has 1 aromatic heterocycles. The highest BCUT2D eigenvalue weighted by Gasteiger charge is 2.20. The molecule has 4 heteroatoms. The van der Waals surface area contributed by atoms with Crippen molar-refractivity contribution in [1.82, 2.24) is 9.78 Å². The van der Waals surface area contributed by atoms with Gasteiger partial charge in [0.25, 0.3) is 0 Å². The molecule has 1 N–H and O–H groups in total. The zero-order valence-corrected chi connectivity index (χ0v) is 7.50. The fourth-order valence-electron chi connectivity index (χ4n) is 1.45. The summed E-state index contributed by atoms with van der Waals surface area (Å²) >= 11 is 0. The third-order valence-electron chi connectivity index (χ3n) is 2.15. The van der Waals surface area contributed by atoms with Crippen LogP contribution >= 0.6 is 0 Å². The molecule has 0 aromatic carbocycles. The van der Waals surface area contributed by atoms with Gasteiger partial charge in [0.05, 0.1) is 12.6 Å². The Morgan fingerprint density at radius 1 is 1.77 bits per heavy atom. The summed E-state index contributed by atoms with van der Waals surface area (Å²) in [6, 6.07) is 0. The lowest BCUT2D eigenvalue weighted by Crippen LogP contribution is -2.22. The van der Waals surface area contributed by atoms with Gasteiger partial charge in [-0.2, -0.15) is 5.10 Å². The van der Waals surface area contributed by atoms with Crippen LogP contribution in [0.4, 0.5) is 5.82 Å². The standard InChI is InChI=1S/C9H11N3O/c1-3-7-5-10-12-6(2)4-8(13)11-9(7)12/h5H,2-4H2,1H3,(H,11,13). The number of amides is 1. The van der Waals surface area contributed by atoms with E-state index in [-0.39, 0.29) is 5.91 Å². The second kappa shape index (κ2) is 2.73. The summed E-state index contributed by atoms with van der Waals surface area (Å²) in [5.41, 5.74) is 1.78.